The van der Waals surface area contributed by atoms with Crippen molar-refractivity contribution in [3.8, 4) is 0 Å². The predicted molar refractivity (Wildman–Crippen MR) is 104 cm³/mol. The highest BCUT2D eigenvalue weighted by Gasteiger charge is 2.07. The second-order valence-electron chi connectivity index (χ2n) is 6.65. The van der Waals surface area contributed by atoms with Crippen molar-refractivity contribution < 1.29 is 19.1 Å². The lowest BCUT2D eigenvalue weighted by molar-refractivity contribution is -0.145. The zero-order valence-electron chi connectivity index (χ0n) is 16.2. The summed E-state index contributed by atoms with van der Waals surface area (Å²) in [6.07, 6.45) is 10.2. The van der Waals surface area contributed by atoms with E-state index in [0.29, 0.717) is 26.1 Å². The van der Waals surface area contributed by atoms with E-state index in [9.17, 15) is 9.59 Å². The van der Waals surface area contributed by atoms with Crippen LogP contribution in [0.3, 0.4) is 0 Å². The summed E-state index contributed by atoms with van der Waals surface area (Å²) in [6, 6.07) is 9.91. The average Bonchev–Trinajstić information content (AvgIpc) is 2.65. The van der Waals surface area contributed by atoms with Crippen LogP contribution in [0.5, 0.6) is 0 Å². The van der Waals surface area contributed by atoms with Gasteiger partial charge in [-0.3, -0.25) is 9.59 Å². The lowest BCUT2D eigenvalue weighted by Crippen LogP contribution is -2.10. The fourth-order valence-corrected chi connectivity index (χ4v) is 2.69. The summed E-state index contributed by atoms with van der Waals surface area (Å²) in [6.45, 7) is 3.09. The van der Waals surface area contributed by atoms with E-state index in [1.807, 2.05) is 30.3 Å². The van der Waals surface area contributed by atoms with Crippen molar-refractivity contribution in [3.63, 3.8) is 0 Å². The highest BCUT2D eigenvalue weighted by Crippen LogP contribution is 2.07. The number of hydrogen-bond acceptors (Lipinski definition) is 4. The Hall–Kier alpha value is -1.84. The molecule has 0 aliphatic carbocycles. The number of ether oxygens (including phenoxy) is 2. The maximum atomic E-state index is 11.6. The topological polar surface area (TPSA) is 52.6 Å². The summed E-state index contributed by atoms with van der Waals surface area (Å²) in [4.78, 5) is 23.3. The van der Waals surface area contributed by atoms with E-state index in [4.69, 9.17) is 9.47 Å². The van der Waals surface area contributed by atoms with E-state index < -0.39 is 0 Å². The molecule has 0 atom stereocenters. The Bertz CT molecular complexity index is 484. The Balaban J connectivity index is 1.91. The average molecular weight is 363 g/mol. The van der Waals surface area contributed by atoms with Crippen LogP contribution in [0.15, 0.2) is 30.3 Å². The molecular weight excluding hydrogens is 328 g/mol. The van der Waals surface area contributed by atoms with E-state index in [-0.39, 0.29) is 24.8 Å². The first-order valence-corrected chi connectivity index (χ1v) is 10.1. The summed E-state index contributed by atoms with van der Waals surface area (Å²) in [5, 5.41) is 0. The molecule has 0 radical (unpaired) electrons. The van der Waals surface area contributed by atoms with E-state index in [2.05, 4.69) is 6.92 Å². The molecule has 0 aliphatic rings. The number of hydrogen-bond donors (Lipinski definition) is 0. The summed E-state index contributed by atoms with van der Waals surface area (Å²) in [5.74, 6) is -0.464. The quantitative estimate of drug-likeness (QED) is 0.316. The number of carbonyl (C=O) groups is 2. The molecule has 1 rings (SSSR count). The zero-order chi connectivity index (χ0) is 18.9. The van der Waals surface area contributed by atoms with Gasteiger partial charge in [0.2, 0.25) is 0 Å². The lowest BCUT2D eigenvalue weighted by atomic mass is 10.1. The molecule has 4 nitrogen and oxygen atoms in total. The highest BCUT2D eigenvalue weighted by molar-refractivity contribution is 5.72. The molecule has 1 aromatic carbocycles. The van der Waals surface area contributed by atoms with Gasteiger partial charge in [0.1, 0.15) is 0 Å². The minimum atomic E-state index is -0.249. The van der Waals surface area contributed by atoms with Crippen molar-refractivity contribution in [2.24, 2.45) is 0 Å². The van der Waals surface area contributed by atoms with Gasteiger partial charge in [-0.15, -0.1) is 0 Å². The maximum absolute atomic E-state index is 11.6. The molecule has 0 N–H and O–H groups in total. The van der Waals surface area contributed by atoms with Gasteiger partial charge in [-0.25, -0.2) is 0 Å². The molecule has 0 spiro atoms. The molecule has 0 unspecified atom stereocenters. The fraction of sp³-hybridized carbons (Fsp3) is 0.636. The lowest BCUT2D eigenvalue weighted by Gasteiger charge is -2.06. The smallest absolute Gasteiger partial charge is 0.305 e. The summed E-state index contributed by atoms with van der Waals surface area (Å²) in [7, 11) is 0. The normalized spacial score (nSPS) is 10.5. The standard InChI is InChI=1S/C22H34O4/c1-2-3-4-5-6-7-11-18-25-21(23)15-12-16-22(24)26-19-17-20-13-9-8-10-14-20/h8-10,13-14H,2-7,11-12,15-19H2,1H3. The number of benzene rings is 1. The molecular formula is C22H34O4. The van der Waals surface area contributed by atoms with E-state index in [1.165, 1.54) is 32.1 Å². The first kappa shape index (κ1) is 22.2. The molecule has 0 fully saturated rings. The molecule has 146 valence electrons. The Morgan fingerprint density at radius 2 is 1.31 bits per heavy atom. The molecule has 0 saturated carbocycles. The molecule has 0 amide bonds. The third-order valence-electron chi connectivity index (χ3n) is 4.27. The second kappa shape index (κ2) is 15.4. The molecule has 0 aromatic heterocycles. The third-order valence-corrected chi connectivity index (χ3v) is 4.27. The SMILES string of the molecule is CCCCCCCCCOC(=O)CCCC(=O)OCCc1ccccc1. The van der Waals surface area contributed by atoms with Gasteiger partial charge in [0.05, 0.1) is 13.2 Å². The first-order chi connectivity index (χ1) is 12.7. The summed E-state index contributed by atoms with van der Waals surface area (Å²) >= 11 is 0. The van der Waals surface area contributed by atoms with Crippen LogP contribution in [-0.4, -0.2) is 25.2 Å². The number of esters is 2. The highest BCUT2D eigenvalue weighted by atomic mass is 16.5. The van der Waals surface area contributed by atoms with Crippen LogP contribution in [0.4, 0.5) is 0 Å². The van der Waals surface area contributed by atoms with Gasteiger partial charge in [-0.2, -0.15) is 0 Å². The monoisotopic (exact) mass is 362 g/mol. The molecule has 0 heterocycles. The van der Waals surface area contributed by atoms with E-state index >= 15 is 0 Å². The molecule has 4 heteroatoms. The maximum Gasteiger partial charge on any atom is 0.305 e. The second-order valence-corrected chi connectivity index (χ2v) is 6.65. The van der Waals surface area contributed by atoms with Crippen LogP contribution in [0, 0.1) is 0 Å². The minimum absolute atomic E-state index is 0.215. The van der Waals surface area contributed by atoms with Gasteiger partial charge in [-0.1, -0.05) is 75.8 Å². The molecule has 1 aromatic rings. The Morgan fingerprint density at radius 3 is 1.96 bits per heavy atom. The molecule has 0 saturated heterocycles. The van der Waals surface area contributed by atoms with Crippen molar-refractivity contribution in [1.29, 1.82) is 0 Å². The van der Waals surface area contributed by atoms with Crippen molar-refractivity contribution in [2.75, 3.05) is 13.2 Å². The number of carbonyl (C=O) groups excluding carboxylic acids is 2. The van der Waals surface area contributed by atoms with Gasteiger partial charge in [0.15, 0.2) is 0 Å². The fourth-order valence-electron chi connectivity index (χ4n) is 2.69. The van der Waals surface area contributed by atoms with Crippen molar-refractivity contribution in [3.05, 3.63) is 35.9 Å². The van der Waals surface area contributed by atoms with Crippen molar-refractivity contribution >= 4 is 11.9 Å². The van der Waals surface area contributed by atoms with Crippen LogP contribution >= 0.6 is 0 Å². The third kappa shape index (κ3) is 12.5. The summed E-state index contributed by atoms with van der Waals surface area (Å²) < 4.78 is 10.4. The molecule has 0 aliphatic heterocycles. The predicted octanol–water partition coefficient (Wildman–Crippen LogP) is 5.24. The van der Waals surface area contributed by atoms with Gasteiger partial charge in [0, 0.05) is 19.3 Å². The minimum Gasteiger partial charge on any atom is -0.466 e. The van der Waals surface area contributed by atoms with Crippen LogP contribution in [0.1, 0.15) is 76.7 Å². The van der Waals surface area contributed by atoms with E-state index in [1.54, 1.807) is 0 Å². The van der Waals surface area contributed by atoms with Gasteiger partial charge in [-0.05, 0) is 18.4 Å². The van der Waals surface area contributed by atoms with Gasteiger partial charge < -0.3 is 9.47 Å². The zero-order valence-corrected chi connectivity index (χ0v) is 16.2. The van der Waals surface area contributed by atoms with E-state index in [0.717, 1.165) is 18.4 Å². The van der Waals surface area contributed by atoms with Gasteiger partial charge in [0.25, 0.3) is 0 Å². The molecule has 26 heavy (non-hydrogen) atoms. The number of unbranched alkanes of at least 4 members (excludes halogenated alkanes) is 6. The first-order valence-electron chi connectivity index (χ1n) is 10.1. The van der Waals surface area contributed by atoms with Crippen LogP contribution in [0.2, 0.25) is 0 Å². The van der Waals surface area contributed by atoms with Crippen LogP contribution < -0.4 is 0 Å². The largest absolute Gasteiger partial charge is 0.466 e. The Morgan fingerprint density at radius 1 is 0.731 bits per heavy atom. The van der Waals surface area contributed by atoms with Crippen molar-refractivity contribution in [2.45, 2.75) is 77.6 Å². The Kier molecular flexibility index (Phi) is 13.2. The van der Waals surface area contributed by atoms with Crippen LogP contribution in [0.25, 0.3) is 0 Å². The van der Waals surface area contributed by atoms with Crippen molar-refractivity contribution in [1.82, 2.24) is 0 Å². The number of rotatable bonds is 15. The molecule has 0 bridgehead atoms. The Labute approximate surface area is 158 Å². The van der Waals surface area contributed by atoms with Crippen LogP contribution in [-0.2, 0) is 25.5 Å². The van der Waals surface area contributed by atoms with Gasteiger partial charge >= 0.3 is 11.9 Å². The summed E-state index contributed by atoms with van der Waals surface area (Å²) in [5.41, 5.74) is 1.15.